The number of allylic oxidation sites excluding steroid dienone is 31. The Balaban J connectivity index is 4.38. The molecule has 0 aromatic rings. The molecule has 0 aliphatic heterocycles. The smallest absolute Gasteiger partial charge is 0.309 e. The molecule has 0 rings (SSSR count). The summed E-state index contributed by atoms with van der Waals surface area (Å²) >= 11 is 0. The molecular weight excluding hydrogens is 1020 g/mol. The molecule has 0 bridgehead atoms. The number of hydrogen-bond donors (Lipinski definition) is 0. The zero-order valence-electron chi connectivity index (χ0n) is 52.9. The predicted molar refractivity (Wildman–Crippen MR) is 361 cm³/mol. The molecule has 83 heavy (non-hydrogen) atoms. The standard InChI is InChI=1S/C77H118O6/c1-4-7-10-13-16-19-22-25-28-30-31-32-33-34-35-36-37-38-39-40-41-42-43-44-45-47-49-52-55-58-61-64-67-70-76(79)82-73-74(72-81-75(78)69-66-63-60-57-54-51-48-27-24-21-18-15-12-9-6-3)83-77(80)71-68-65-62-59-56-53-50-46-29-26-23-20-17-14-11-8-5-2/h7-12,16-21,25-29,31-32,34-35,37-38,48,50,53-54,57,59,62-63,66,74H,4-6,13-15,22-24,30,33,36,39-47,49,51-52,55-56,58,60-61,64-65,67-73H2,1-3H3/b10-7-,11-8-,12-9-,19-16-,20-17-,21-18-,28-25-,29-26-,32-31-,35-34-,38-37-,48-27-,53-50-,57-54-,62-59-,66-63-. The van der Waals surface area contributed by atoms with Gasteiger partial charge in [0.05, 0.1) is 6.42 Å². The molecule has 0 fully saturated rings. The lowest BCUT2D eigenvalue weighted by molar-refractivity contribution is -0.166. The average Bonchev–Trinajstić information content (AvgIpc) is 3.49. The van der Waals surface area contributed by atoms with Crippen molar-refractivity contribution in [3.63, 3.8) is 0 Å². The van der Waals surface area contributed by atoms with Gasteiger partial charge < -0.3 is 14.2 Å². The van der Waals surface area contributed by atoms with Gasteiger partial charge in [-0.2, -0.15) is 0 Å². The minimum Gasteiger partial charge on any atom is -0.462 e. The molecule has 0 heterocycles. The molecule has 0 amide bonds. The Morgan fingerprint density at radius 2 is 0.494 bits per heavy atom. The van der Waals surface area contributed by atoms with E-state index in [1.54, 1.807) is 6.08 Å². The molecule has 0 aliphatic rings. The molecule has 0 aromatic carbocycles. The summed E-state index contributed by atoms with van der Waals surface area (Å²) < 4.78 is 16.7. The normalized spacial score (nSPS) is 13.4. The van der Waals surface area contributed by atoms with E-state index in [2.05, 4.69) is 203 Å². The van der Waals surface area contributed by atoms with Crippen molar-refractivity contribution in [3.05, 3.63) is 194 Å². The maximum Gasteiger partial charge on any atom is 0.309 e. The molecule has 0 saturated carbocycles. The Morgan fingerprint density at radius 3 is 0.819 bits per heavy atom. The van der Waals surface area contributed by atoms with Crippen LogP contribution in [0.3, 0.4) is 0 Å². The van der Waals surface area contributed by atoms with Crippen LogP contribution in [-0.2, 0) is 28.6 Å². The van der Waals surface area contributed by atoms with Gasteiger partial charge >= 0.3 is 17.9 Å². The summed E-state index contributed by atoms with van der Waals surface area (Å²) in [5.74, 6) is -1.14. The van der Waals surface area contributed by atoms with Crippen LogP contribution in [0.15, 0.2) is 194 Å². The Labute approximate surface area is 509 Å². The Bertz CT molecular complexity index is 1990. The molecule has 6 nitrogen and oxygen atoms in total. The van der Waals surface area contributed by atoms with Crippen molar-refractivity contribution in [1.82, 2.24) is 0 Å². The van der Waals surface area contributed by atoms with E-state index >= 15 is 0 Å². The maximum atomic E-state index is 12.9. The number of rotatable bonds is 57. The summed E-state index contributed by atoms with van der Waals surface area (Å²) in [5.41, 5.74) is 0. The fraction of sp³-hybridized carbons (Fsp3) is 0.545. The van der Waals surface area contributed by atoms with Gasteiger partial charge in [0, 0.05) is 12.8 Å². The van der Waals surface area contributed by atoms with Crippen LogP contribution >= 0.6 is 0 Å². The van der Waals surface area contributed by atoms with Crippen LogP contribution in [0.1, 0.15) is 252 Å². The SMILES string of the molecule is CC/C=C\C/C=C\C/C=C\C/C=C\C/C=C\C/C=C\CCCCCCCCCCCCCCCCC(=O)OCC(COC(=O)C/C=C\C/C=C\C/C=C\C/C=C\C/C=C\CC)OC(=O)CCC/C=C\C/C=C\C/C=C\C/C=C\C/C=C\CC. The highest BCUT2D eigenvalue weighted by Gasteiger charge is 2.19. The van der Waals surface area contributed by atoms with E-state index in [9.17, 15) is 14.4 Å². The first-order valence-corrected chi connectivity index (χ1v) is 32.9. The first kappa shape index (κ1) is 77.2. The third-order valence-electron chi connectivity index (χ3n) is 13.1. The third kappa shape index (κ3) is 66.9. The van der Waals surface area contributed by atoms with E-state index in [4.69, 9.17) is 14.2 Å². The highest BCUT2D eigenvalue weighted by Crippen LogP contribution is 2.15. The van der Waals surface area contributed by atoms with Gasteiger partial charge in [-0.3, -0.25) is 14.4 Å². The van der Waals surface area contributed by atoms with Crippen LogP contribution in [-0.4, -0.2) is 37.2 Å². The first-order chi connectivity index (χ1) is 41.0. The molecule has 462 valence electrons. The summed E-state index contributed by atoms with van der Waals surface area (Å²) in [5, 5.41) is 0. The van der Waals surface area contributed by atoms with Gasteiger partial charge in [0.2, 0.25) is 0 Å². The molecular formula is C77H118O6. The summed E-state index contributed by atoms with van der Waals surface area (Å²) in [6.45, 7) is 6.15. The second-order valence-corrected chi connectivity index (χ2v) is 20.9. The van der Waals surface area contributed by atoms with Crippen molar-refractivity contribution < 1.29 is 28.6 Å². The van der Waals surface area contributed by atoms with Crippen LogP contribution in [0.2, 0.25) is 0 Å². The second-order valence-electron chi connectivity index (χ2n) is 20.9. The molecule has 0 saturated heterocycles. The molecule has 0 aliphatic carbocycles. The predicted octanol–water partition coefficient (Wildman–Crippen LogP) is 23.0. The highest BCUT2D eigenvalue weighted by molar-refractivity contribution is 5.72. The van der Waals surface area contributed by atoms with Crippen molar-refractivity contribution in [3.8, 4) is 0 Å². The Kier molecular flexibility index (Phi) is 64.0. The van der Waals surface area contributed by atoms with E-state index < -0.39 is 18.0 Å². The number of carbonyl (C=O) groups excluding carboxylic acids is 3. The summed E-state index contributed by atoms with van der Waals surface area (Å²) in [6.07, 6.45) is 105. The van der Waals surface area contributed by atoms with Crippen molar-refractivity contribution in [2.75, 3.05) is 13.2 Å². The van der Waals surface area contributed by atoms with Crippen molar-refractivity contribution in [2.45, 2.75) is 258 Å². The molecule has 0 radical (unpaired) electrons. The highest BCUT2D eigenvalue weighted by atomic mass is 16.6. The number of carbonyl (C=O) groups is 3. The van der Waals surface area contributed by atoms with Gasteiger partial charge in [-0.1, -0.05) is 292 Å². The molecule has 0 spiro atoms. The quantitative estimate of drug-likeness (QED) is 0.0261. The topological polar surface area (TPSA) is 78.9 Å². The number of hydrogen-bond acceptors (Lipinski definition) is 6. The Morgan fingerprint density at radius 1 is 0.253 bits per heavy atom. The minimum atomic E-state index is -0.859. The zero-order valence-corrected chi connectivity index (χ0v) is 52.9. The summed E-state index contributed by atoms with van der Waals surface area (Å²) in [7, 11) is 0. The van der Waals surface area contributed by atoms with Gasteiger partial charge in [0.15, 0.2) is 6.10 Å². The van der Waals surface area contributed by atoms with Gasteiger partial charge in [-0.15, -0.1) is 0 Å². The van der Waals surface area contributed by atoms with E-state index in [-0.39, 0.29) is 32.0 Å². The lowest BCUT2D eigenvalue weighted by Crippen LogP contribution is -2.30. The zero-order chi connectivity index (χ0) is 59.9. The minimum absolute atomic E-state index is 0.106. The van der Waals surface area contributed by atoms with Crippen molar-refractivity contribution >= 4 is 17.9 Å². The number of unbranched alkanes of at least 4 members (excludes halogenated alkanes) is 15. The first-order valence-electron chi connectivity index (χ1n) is 32.9. The van der Waals surface area contributed by atoms with Crippen LogP contribution < -0.4 is 0 Å². The average molecular weight is 1140 g/mol. The fourth-order valence-electron chi connectivity index (χ4n) is 8.32. The monoisotopic (exact) mass is 1140 g/mol. The van der Waals surface area contributed by atoms with Gasteiger partial charge in [0.1, 0.15) is 13.2 Å². The molecule has 0 aromatic heterocycles. The lowest BCUT2D eigenvalue weighted by atomic mass is 10.0. The molecule has 1 unspecified atom stereocenters. The third-order valence-corrected chi connectivity index (χ3v) is 13.1. The second kappa shape index (κ2) is 68.7. The number of ether oxygens (including phenoxy) is 3. The van der Waals surface area contributed by atoms with E-state index in [1.165, 1.54) is 77.0 Å². The van der Waals surface area contributed by atoms with E-state index in [1.807, 2.05) is 6.08 Å². The van der Waals surface area contributed by atoms with Crippen molar-refractivity contribution in [1.29, 1.82) is 0 Å². The van der Waals surface area contributed by atoms with E-state index in [0.29, 0.717) is 12.8 Å². The maximum absolute atomic E-state index is 12.9. The summed E-state index contributed by atoms with van der Waals surface area (Å²) in [6, 6.07) is 0. The van der Waals surface area contributed by atoms with Gasteiger partial charge in [-0.05, 0) is 135 Å². The van der Waals surface area contributed by atoms with Gasteiger partial charge in [-0.25, -0.2) is 0 Å². The van der Waals surface area contributed by atoms with Crippen LogP contribution in [0.4, 0.5) is 0 Å². The van der Waals surface area contributed by atoms with Crippen LogP contribution in [0.5, 0.6) is 0 Å². The largest absolute Gasteiger partial charge is 0.462 e. The van der Waals surface area contributed by atoms with Crippen LogP contribution in [0.25, 0.3) is 0 Å². The lowest BCUT2D eigenvalue weighted by Gasteiger charge is -2.18. The molecule has 0 N–H and O–H groups in total. The fourth-order valence-corrected chi connectivity index (χ4v) is 8.32. The Hall–Kier alpha value is -5.75. The van der Waals surface area contributed by atoms with Gasteiger partial charge in [0.25, 0.3) is 0 Å². The van der Waals surface area contributed by atoms with E-state index in [0.717, 1.165) is 128 Å². The summed E-state index contributed by atoms with van der Waals surface area (Å²) in [4.78, 5) is 38.2. The van der Waals surface area contributed by atoms with Crippen LogP contribution in [0, 0.1) is 0 Å². The molecule has 6 heteroatoms. The van der Waals surface area contributed by atoms with Crippen molar-refractivity contribution in [2.24, 2.45) is 0 Å². The molecule has 1 atom stereocenters. The number of esters is 3.